The van der Waals surface area contributed by atoms with Crippen LogP contribution in [-0.4, -0.2) is 57.5 Å². The number of rotatable bonds is 13. The lowest BCUT2D eigenvalue weighted by Gasteiger charge is -2.35. The van der Waals surface area contributed by atoms with E-state index in [1.807, 2.05) is 64.1 Å². The quantitative estimate of drug-likeness (QED) is 0.174. The molecule has 4 aromatic rings. The highest BCUT2D eigenvalue weighted by Crippen LogP contribution is 2.32. The van der Waals surface area contributed by atoms with Crippen LogP contribution in [-0.2, 0) is 32.6 Å². The SMILES string of the molecule is COc1cccc(CN(C(=O)CN(c2ccc(OC)c(Cl)c2)S(=O)(=O)c2ccc(C)cc2)[C@@H](Cc2ccccc2)C(=O)NC(C)(C)C)c1. The Labute approximate surface area is 288 Å². The molecule has 11 heteroatoms. The smallest absolute Gasteiger partial charge is 0.264 e. The van der Waals surface area contributed by atoms with Gasteiger partial charge < -0.3 is 19.7 Å². The summed E-state index contributed by atoms with van der Waals surface area (Å²) in [5.41, 5.74) is 1.97. The van der Waals surface area contributed by atoms with Crippen molar-refractivity contribution in [3.63, 3.8) is 0 Å². The molecule has 48 heavy (non-hydrogen) atoms. The topological polar surface area (TPSA) is 105 Å². The van der Waals surface area contributed by atoms with Crippen LogP contribution in [0.25, 0.3) is 0 Å². The molecular formula is C37H42ClN3O6S. The molecule has 0 aliphatic carbocycles. The first-order valence-corrected chi connectivity index (χ1v) is 17.2. The van der Waals surface area contributed by atoms with E-state index in [1.54, 1.807) is 43.5 Å². The number of hydrogen-bond acceptors (Lipinski definition) is 6. The highest BCUT2D eigenvalue weighted by Gasteiger charge is 2.36. The minimum absolute atomic E-state index is 0.00139. The molecule has 0 saturated heterocycles. The molecule has 254 valence electrons. The molecule has 0 aliphatic heterocycles. The number of methoxy groups -OCH3 is 2. The van der Waals surface area contributed by atoms with Gasteiger partial charge in [-0.05, 0) is 81.3 Å². The van der Waals surface area contributed by atoms with Crippen LogP contribution in [0.1, 0.15) is 37.5 Å². The number of aryl methyl sites for hydroxylation is 1. The van der Waals surface area contributed by atoms with Crippen LogP contribution < -0.4 is 19.1 Å². The highest BCUT2D eigenvalue weighted by atomic mass is 35.5. The number of nitrogens with zero attached hydrogens (tertiary/aromatic N) is 2. The molecular weight excluding hydrogens is 650 g/mol. The molecule has 0 saturated carbocycles. The van der Waals surface area contributed by atoms with Gasteiger partial charge >= 0.3 is 0 Å². The van der Waals surface area contributed by atoms with Crippen molar-refractivity contribution in [3.8, 4) is 11.5 Å². The van der Waals surface area contributed by atoms with Gasteiger partial charge in [-0.2, -0.15) is 0 Å². The Morgan fingerprint density at radius 2 is 1.52 bits per heavy atom. The van der Waals surface area contributed by atoms with E-state index in [9.17, 15) is 18.0 Å². The first-order valence-electron chi connectivity index (χ1n) is 15.4. The van der Waals surface area contributed by atoms with E-state index in [-0.39, 0.29) is 34.5 Å². The van der Waals surface area contributed by atoms with Crippen molar-refractivity contribution in [2.24, 2.45) is 0 Å². The maximum Gasteiger partial charge on any atom is 0.264 e. The number of carbonyl (C=O) groups is 2. The lowest BCUT2D eigenvalue weighted by molar-refractivity contribution is -0.140. The lowest BCUT2D eigenvalue weighted by atomic mass is 10.0. The second-order valence-electron chi connectivity index (χ2n) is 12.5. The predicted molar refractivity (Wildman–Crippen MR) is 189 cm³/mol. The van der Waals surface area contributed by atoms with Gasteiger partial charge in [-0.3, -0.25) is 13.9 Å². The first-order chi connectivity index (χ1) is 22.7. The van der Waals surface area contributed by atoms with Crippen molar-refractivity contribution in [1.29, 1.82) is 0 Å². The number of nitrogens with one attached hydrogen (secondary N) is 1. The molecule has 0 unspecified atom stereocenters. The Morgan fingerprint density at radius 3 is 2.12 bits per heavy atom. The summed E-state index contributed by atoms with van der Waals surface area (Å²) in [4.78, 5) is 30.2. The van der Waals surface area contributed by atoms with Gasteiger partial charge in [-0.25, -0.2) is 8.42 Å². The van der Waals surface area contributed by atoms with E-state index >= 15 is 0 Å². The van der Waals surface area contributed by atoms with Crippen LogP contribution in [0, 0.1) is 6.92 Å². The van der Waals surface area contributed by atoms with Gasteiger partial charge in [-0.15, -0.1) is 0 Å². The maximum atomic E-state index is 14.7. The van der Waals surface area contributed by atoms with Gasteiger partial charge in [0.15, 0.2) is 0 Å². The fourth-order valence-electron chi connectivity index (χ4n) is 5.15. The van der Waals surface area contributed by atoms with E-state index in [2.05, 4.69) is 5.32 Å². The van der Waals surface area contributed by atoms with Crippen LogP contribution in [0.2, 0.25) is 5.02 Å². The van der Waals surface area contributed by atoms with Gasteiger partial charge in [0.1, 0.15) is 24.1 Å². The fraction of sp³-hybridized carbons (Fsp3) is 0.297. The first kappa shape index (κ1) is 36.3. The zero-order chi connectivity index (χ0) is 35.1. The van der Waals surface area contributed by atoms with Crippen molar-refractivity contribution in [2.75, 3.05) is 25.1 Å². The predicted octanol–water partition coefficient (Wildman–Crippen LogP) is 6.42. The normalized spacial score (nSPS) is 12.1. The van der Waals surface area contributed by atoms with Gasteiger partial charge in [0.25, 0.3) is 10.0 Å². The number of amides is 2. The minimum atomic E-state index is -4.29. The van der Waals surface area contributed by atoms with Crippen molar-refractivity contribution in [2.45, 2.75) is 57.1 Å². The number of hydrogen-bond donors (Lipinski definition) is 1. The highest BCUT2D eigenvalue weighted by molar-refractivity contribution is 7.92. The van der Waals surface area contributed by atoms with Crippen molar-refractivity contribution < 1.29 is 27.5 Å². The summed E-state index contributed by atoms with van der Waals surface area (Å²) in [7, 11) is -1.29. The van der Waals surface area contributed by atoms with Crippen LogP contribution >= 0.6 is 11.6 Å². The monoisotopic (exact) mass is 691 g/mol. The molecule has 0 heterocycles. The van der Waals surface area contributed by atoms with Gasteiger partial charge in [0.2, 0.25) is 11.8 Å². The standard InChI is InChI=1S/C37H42ClN3O6S/c1-26-15-18-31(19-16-26)48(44,45)41(29-17-20-34(47-6)32(38)23-29)25-35(42)40(24-28-13-10-14-30(21-28)46-5)33(36(43)39-37(2,3)4)22-27-11-8-7-9-12-27/h7-21,23,33H,22,24-25H2,1-6H3,(H,39,43)/t33-/m0/s1. The Kier molecular flexibility index (Phi) is 11.8. The molecule has 0 bridgehead atoms. The minimum Gasteiger partial charge on any atom is -0.497 e. The number of sulfonamides is 1. The summed E-state index contributed by atoms with van der Waals surface area (Å²) < 4.78 is 40.3. The molecule has 1 atom stereocenters. The molecule has 4 aromatic carbocycles. The summed E-state index contributed by atoms with van der Waals surface area (Å²) in [6.07, 6.45) is 0.192. The van der Waals surface area contributed by atoms with E-state index in [0.29, 0.717) is 17.1 Å². The Morgan fingerprint density at radius 1 is 0.854 bits per heavy atom. The Bertz CT molecular complexity index is 1830. The summed E-state index contributed by atoms with van der Waals surface area (Å²) >= 11 is 6.46. The van der Waals surface area contributed by atoms with E-state index in [0.717, 1.165) is 15.4 Å². The number of halogens is 1. The summed E-state index contributed by atoms with van der Waals surface area (Å²) in [5.74, 6) is -0.0376. The summed E-state index contributed by atoms with van der Waals surface area (Å²) in [5, 5.41) is 3.20. The third-order valence-corrected chi connectivity index (χ3v) is 9.65. The third-order valence-electron chi connectivity index (χ3n) is 7.57. The molecule has 4 rings (SSSR count). The summed E-state index contributed by atoms with van der Waals surface area (Å²) in [6.45, 7) is 6.84. The van der Waals surface area contributed by atoms with Crippen LogP contribution in [0.3, 0.4) is 0 Å². The average Bonchev–Trinajstić information content (AvgIpc) is 3.05. The van der Waals surface area contributed by atoms with E-state index in [1.165, 1.54) is 36.3 Å². The second-order valence-corrected chi connectivity index (χ2v) is 14.7. The molecule has 9 nitrogen and oxygen atoms in total. The van der Waals surface area contributed by atoms with Crippen molar-refractivity contribution in [3.05, 3.63) is 119 Å². The van der Waals surface area contributed by atoms with E-state index < -0.39 is 34.1 Å². The molecule has 0 aromatic heterocycles. The number of anilines is 1. The molecule has 0 fully saturated rings. The van der Waals surface area contributed by atoms with Crippen molar-refractivity contribution in [1.82, 2.24) is 10.2 Å². The second kappa shape index (κ2) is 15.6. The maximum absolute atomic E-state index is 14.7. The Hall–Kier alpha value is -4.54. The number of carbonyl (C=O) groups excluding carboxylic acids is 2. The zero-order valence-electron chi connectivity index (χ0n) is 28.1. The van der Waals surface area contributed by atoms with Crippen LogP contribution in [0.5, 0.6) is 11.5 Å². The van der Waals surface area contributed by atoms with Crippen LogP contribution in [0.4, 0.5) is 5.69 Å². The number of ether oxygens (including phenoxy) is 2. The molecule has 0 radical (unpaired) electrons. The van der Waals surface area contributed by atoms with Crippen molar-refractivity contribution >= 4 is 39.1 Å². The van der Waals surface area contributed by atoms with E-state index in [4.69, 9.17) is 21.1 Å². The van der Waals surface area contributed by atoms with Gasteiger partial charge in [0, 0.05) is 18.5 Å². The molecule has 2 amide bonds. The lowest BCUT2D eigenvalue weighted by Crippen LogP contribution is -2.56. The Balaban J connectivity index is 1.85. The van der Waals surface area contributed by atoms with Gasteiger partial charge in [0.05, 0.1) is 29.8 Å². The number of benzene rings is 4. The van der Waals surface area contributed by atoms with Gasteiger partial charge in [-0.1, -0.05) is 71.8 Å². The summed E-state index contributed by atoms with van der Waals surface area (Å²) in [6, 6.07) is 26.5. The fourth-order valence-corrected chi connectivity index (χ4v) is 6.81. The average molecular weight is 692 g/mol. The molecule has 1 N–H and O–H groups in total. The third kappa shape index (κ3) is 9.29. The largest absolute Gasteiger partial charge is 0.497 e. The zero-order valence-corrected chi connectivity index (χ0v) is 29.6. The van der Waals surface area contributed by atoms with Crippen LogP contribution in [0.15, 0.2) is 102 Å². The molecule has 0 spiro atoms. The molecule has 0 aliphatic rings.